The number of carboxylic acids is 1. The Morgan fingerprint density at radius 1 is 1.22 bits per heavy atom. The number of carboxylic acid groups (broad SMARTS) is 1. The first-order chi connectivity index (χ1) is 17.4. The average molecular weight is 510 g/mol. The number of carbonyl (C=O) groups is 2. The van der Waals surface area contributed by atoms with Crippen LogP contribution in [0.4, 0.5) is 0 Å². The molecule has 1 saturated carbocycles. The highest BCUT2D eigenvalue weighted by Crippen LogP contribution is 2.36. The molecule has 0 unspecified atom stereocenters. The van der Waals surface area contributed by atoms with Gasteiger partial charge in [-0.25, -0.2) is 9.78 Å². The van der Waals surface area contributed by atoms with Gasteiger partial charge in [0.15, 0.2) is 0 Å². The summed E-state index contributed by atoms with van der Waals surface area (Å²) in [6, 6.07) is 8.05. The molecule has 0 spiro atoms. The van der Waals surface area contributed by atoms with Crippen molar-refractivity contribution >= 4 is 23.2 Å². The lowest BCUT2D eigenvalue weighted by molar-refractivity contribution is -0.118. The van der Waals surface area contributed by atoms with Crippen molar-refractivity contribution in [1.82, 2.24) is 9.55 Å². The Balaban J connectivity index is 0.000000455. The van der Waals surface area contributed by atoms with Crippen LogP contribution in [0.3, 0.4) is 0 Å². The van der Waals surface area contributed by atoms with Crippen molar-refractivity contribution in [3.63, 3.8) is 0 Å². The SMILES string of the molecule is CCCC(N)=O.Cc1c(C(=O)O)cc(-c2csc(-c3ccc4c(c3)CCO4)n2)n1CC1CCCCC1. The minimum atomic E-state index is -0.870. The summed E-state index contributed by atoms with van der Waals surface area (Å²) in [4.78, 5) is 26.5. The van der Waals surface area contributed by atoms with E-state index in [9.17, 15) is 14.7 Å². The van der Waals surface area contributed by atoms with E-state index in [2.05, 4.69) is 22.1 Å². The van der Waals surface area contributed by atoms with Crippen molar-refractivity contribution in [2.24, 2.45) is 11.7 Å². The molecular formula is C28H35N3O4S. The number of ether oxygens (including phenoxy) is 1. The number of carbonyl (C=O) groups excluding carboxylic acids is 1. The molecule has 0 atom stereocenters. The second-order valence-electron chi connectivity index (χ2n) is 9.62. The molecule has 8 heteroatoms. The highest BCUT2D eigenvalue weighted by Gasteiger charge is 2.23. The van der Waals surface area contributed by atoms with Gasteiger partial charge in [0.2, 0.25) is 5.91 Å². The van der Waals surface area contributed by atoms with E-state index in [0.29, 0.717) is 17.9 Å². The summed E-state index contributed by atoms with van der Waals surface area (Å²) < 4.78 is 7.80. The molecule has 5 rings (SSSR count). The zero-order valence-electron chi connectivity index (χ0n) is 21.1. The van der Waals surface area contributed by atoms with Gasteiger partial charge in [0, 0.05) is 36.0 Å². The number of nitrogens with zero attached hydrogens (tertiary/aromatic N) is 2. The quantitative estimate of drug-likeness (QED) is 0.402. The third kappa shape index (κ3) is 5.98. The lowest BCUT2D eigenvalue weighted by atomic mass is 9.89. The molecule has 0 bridgehead atoms. The number of amides is 1. The van der Waals surface area contributed by atoms with Gasteiger partial charge in [-0.3, -0.25) is 4.79 Å². The molecule has 1 fully saturated rings. The Morgan fingerprint density at radius 2 is 2.00 bits per heavy atom. The molecule has 7 nitrogen and oxygen atoms in total. The van der Waals surface area contributed by atoms with Crippen molar-refractivity contribution in [2.45, 2.75) is 71.8 Å². The number of nitrogens with two attached hydrogens (primary N) is 1. The van der Waals surface area contributed by atoms with Gasteiger partial charge < -0.3 is 20.1 Å². The van der Waals surface area contributed by atoms with Crippen molar-refractivity contribution in [3.05, 3.63) is 46.5 Å². The van der Waals surface area contributed by atoms with Crippen LogP contribution >= 0.6 is 11.3 Å². The van der Waals surface area contributed by atoms with Crippen molar-refractivity contribution in [3.8, 4) is 27.7 Å². The normalized spacial score (nSPS) is 15.1. The Kier molecular flexibility index (Phi) is 8.46. The summed E-state index contributed by atoms with van der Waals surface area (Å²) in [5.41, 5.74) is 10.1. The van der Waals surface area contributed by atoms with Crippen molar-refractivity contribution in [1.29, 1.82) is 0 Å². The van der Waals surface area contributed by atoms with E-state index in [-0.39, 0.29) is 5.91 Å². The molecule has 0 saturated heterocycles. The van der Waals surface area contributed by atoms with E-state index >= 15 is 0 Å². The van der Waals surface area contributed by atoms with E-state index in [4.69, 9.17) is 15.5 Å². The molecule has 3 heterocycles. The van der Waals surface area contributed by atoms with Crippen LogP contribution in [0.1, 0.15) is 73.5 Å². The number of primary amides is 1. The first-order valence-corrected chi connectivity index (χ1v) is 13.7. The number of rotatable bonds is 7. The first-order valence-electron chi connectivity index (χ1n) is 12.8. The summed E-state index contributed by atoms with van der Waals surface area (Å²) in [7, 11) is 0. The molecule has 3 N–H and O–H groups in total. The van der Waals surface area contributed by atoms with E-state index in [0.717, 1.165) is 59.4 Å². The first kappa shape index (κ1) is 25.9. The minimum Gasteiger partial charge on any atom is -0.493 e. The molecule has 3 aromatic rings. The third-order valence-electron chi connectivity index (χ3n) is 6.96. The van der Waals surface area contributed by atoms with Gasteiger partial charge in [0.05, 0.1) is 23.6 Å². The maximum absolute atomic E-state index is 11.8. The number of aromatic carboxylic acids is 1. The zero-order valence-corrected chi connectivity index (χ0v) is 21.9. The Morgan fingerprint density at radius 3 is 2.67 bits per heavy atom. The number of thiazole rings is 1. The van der Waals surface area contributed by atoms with Gasteiger partial charge in [-0.05, 0) is 61.9 Å². The molecule has 1 amide bonds. The van der Waals surface area contributed by atoms with Gasteiger partial charge in [-0.2, -0.15) is 0 Å². The van der Waals surface area contributed by atoms with E-state index in [1.807, 2.05) is 19.9 Å². The fraction of sp³-hybridized carbons (Fsp3) is 0.464. The van der Waals surface area contributed by atoms with Gasteiger partial charge in [-0.15, -0.1) is 11.3 Å². The molecule has 192 valence electrons. The zero-order chi connectivity index (χ0) is 25.7. The molecule has 2 aromatic heterocycles. The number of benzene rings is 1. The highest BCUT2D eigenvalue weighted by molar-refractivity contribution is 7.13. The van der Waals surface area contributed by atoms with Crippen molar-refractivity contribution < 1.29 is 19.4 Å². The molecule has 1 aliphatic carbocycles. The maximum Gasteiger partial charge on any atom is 0.337 e. The van der Waals surface area contributed by atoms with Crippen LogP contribution < -0.4 is 10.5 Å². The minimum absolute atomic E-state index is 0.211. The lowest BCUT2D eigenvalue weighted by Crippen LogP contribution is -2.16. The Bertz CT molecular complexity index is 1220. The standard InChI is InChI=1S/C24H26N2O3S.C4H9NO/c1-15-19(24(27)28)12-21(26(15)13-16-5-3-2-4-6-16)20-14-30-23(25-20)18-7-8-22-17(11-18)9-10-29-22;1-2-3-4(5)6/h7-8,11-12,14,16H,2-6,9-10,13H2,1H3,(H,27,28);2-3H2,1H3,(H2,5,6). The van der Waals surface area contributed by atoms with Crippen LogP contribution in [0, 0.1) is 12.8 Å². The molecule has 0 radical (unpaired) electrons. The largest absolute Gasteiger partial charge is 0.493 e. The molecule has 36 heavy (non-hydrogen) atoms. The molecular weight excluding hydrogens is 474 g/mol. The van der Waals surface area contributed by atoms with Crippen LogP contribution in [0.15, 0.2) is 29.6 Å². The smallest absolute Gasteiger partial charge is 0.337 e. The second kappa shape index (κ2) is 11.7. The van der Waals surface area contributed by atoms with Crippen LogP contribution in [-0.2, 0) is 17.8 Å². The van der Waals surface area contributed by atoms with Crippen molar-refractivity contribution in [2.75, 3.05) is 6.61 Å². The second-order valence-corrected chi connectivity index (χ2v) is 10.5. The topological polar surface area (TPSA) is 107 Å². The number of fused-ring (bicyclic) bond motifs is 1. The average Bonchev–Trinajstić information content (AvgIpc) is 3.59. The van der Waals surface area contributed by atoms with Gasteiger partial charge >= 0.3 is 5.97 Å². The number of hydrogen-bond donors (Lipinski definition) is 2. The summed E-state index contributed by atoms with van der Waals surface area (Å²) >= 11 is 1.61. The molecule has 1 aromatic carbocycles. The summed E-state index contributed by atoms with van der Waals surface area (Å²) in [6.45, 7) is 5.46. The fourth-order valence-corrected chi connectivity index (χ4v) is 5.84. The monoisotopic (exact) mass is 509 g/mol. The van der Waals surface area contributed by atoms with Crippen LogP contribution in [0.2, 0.25) is 0 Å². The summed E-state index contributed by atoms with van der Waals surface area (Å²) in [6.07, 6.45) is 8.61. The predicted octanol–water partition coefficient (Wildman–Crippen LogP) is 6.07. The summed E-state index contributed by atoms with van der Waals surface area (Å²) in [5, 5.41) is 12.7. The Labute approximate surface area is 216 Å². The number of aromatic nitrogens is 2. The summed E-state index contributed by atoms with van der Waals surface area (Å²) in [5.74, 6) is 0.501. The predicted molar refractivity (Wildman–Crippen MR) is 143 cm³/mol. The van der Waals surface area contributed by atoms with Gasteiger partial charge in [-0.1, -0.05) is 26.2 Å². The highest BCUT2D eigenvalue weighted by atomic mass is 32.1. The fourth-order valence-electron chi connectivity index (χ4n) is 5.03. The third-order valence-corrected chi connectivity index (χ3v) is 7.85. The lowest BCUT2D eigenvalue weighted by Gasteiger charge is -2.24. The molecule has 2 aliphatic rings. The van der Waals surface area contributed by atoms with Crippen LogP contribution in [0.25, 0.3) is 22.0 Å². The van der Waals surface area contributed by atoms with Crippen LogP contribution in [0.5, 0.6) is 5.75 Å². The maximum atomic E-state index is 11.8. The Hall–Kier alpha value is -3.13. The molecule has 1 aliphatic heterocycles. The van der Waals surface area contributed by atoms with Gasteiger partial charge in [0.1, 0.15) is 10.8 Å². The van der Waals surface area contributed by atoms with E-state index in [1.54, 1.807) is 17.4 Å². The number of hydrogen-bond acceptors (Lipinski definition) is 5. The van der Waals surface area contributed by atoms with Gasteiger partial charge in [0.25, 0.3) is 0 Å². The van der Waals surface area contributed by atoms with E-state index < -0.39 is 5.97 Å². The van der Waals surface area contributed by atoms with Crippen LogP contribution in [-0.4, -0.2) is 33.1 Å². The van der Waals surface area contributed by atoms with E-state index in [1.165, 1.54) is 37.7 Å².